The molecule has 0 radical (unpaired) electrons. The molecular formula is C25H26N6O2. The summed E-state index contributed by atoms with van der Waals surface area (Å²) in [6.07, 6.45) is 6.27. The summed E-state index contributed by atoms with van der Waals surface area (Å²) >= 11 is 0. The molecule has 1 aromatic carbocycles. The number of nitrogens with one attached hydrogen (secondary N) is 1. The summed E-state index contributed by atoms with van der Waals surface area (Å²) in [6, 6.07) is 16.4. The minimum absolute atomic E-state index is 0.350. The molecule has 0 amide bonds. The molecule has 0 spiro atoms. The number of hydrogen-bond donors (Lipinski definition) is 1. The van der Waals surface area contributed by atoms with Gasteiger partial charge in [-0.15, -0.1) is 0 Å². The Balaban J connectivity index is 1.32. The van der Waals surface area contributed by atoms with Gasteiger partial charge in [-0.25, -0.2) is 0 Å². The van der Waals surface area contributed by atoms with E-state index in [1.807, 2.05) is 42.6 Å². The van der Waals surface area contributed by atoms with Gasteiger partial charge >= 0.3 is 6.01 Å². The van der Waals surface area contributed by atoms with Crippen LogP contribution >= 0.6 is 0 Å². The standard InChI is InChI=1S/C25H26N6O2/c1-2-7-23-22(6-1)19(17-28-23)16-26-18-21-15-24(31-10-13-32-14-11-31)30-25(29-21)33-12-8-20-5-3-4-9-27-20/h1-7,9,15,17-18,28H,8,10-14,16H2. The Morgan fingerprint density at radius 1 is 1.09 bits per heavy atom. The maximum absolute atomic E-state index is 5.91. The van der Waals surface area contributed by atoms with Crippen molar-refractivity contribution in [3.63, 3.8) is 0 Å². The van der Waals surface area contributed by atoms with E-state index in [1.165, 1.54) is 5.39 Å². The van der Waals surface area contributed by atoms with Gasteiger partial charge in [-0.2, -0.15) is 9.97 Å². The molecule has 0 saturated carbocycles. The van der Waals surface area contributed by atoms with Crippen molar-refractivity contribution < 1.29 is 9.47 Å². The summed E-state index contributed by atoms with van der Waals surface area (Å²) in [4.78, 5) is 23.7. The zero-order chi connectivity index (χ0) is 22.3. The highest BCUT2D eigenvalue weighted by molar-refractivity contribution is 5.83. The number of aromatic amines is 1. The van der Waals surface area contributed by atoms with Crippen LogP contribution in [0.2, 0.25) is 0 Å². The normalized spacial score (nSPS) is 14.2. The van der Waals surface area contributed by atoms with Crippen molar-refractivity contribution in [2.45, 2.75) is 13.0 Å². The Bertz CT molecular complexity index is 1220. The minimum Gasteiger partial charge on any atom is -0.463 e. The molecule has 3 aromatic heterocycles. The average Bonchev–Trinajstić information content (AvgIpc) is 3.28. The van der Waals surface area contributed by atoms with E-state index in [0.717, 1.165) is 41.4 Å². The predicted molar refractivity (Wildman–Crippen MR) is 128 cm³/mol. The summed E-state index contributed by atoms with van der Waals surface area (Å²) in [6.45, 7) is 3.96. The topological polar surface area (TPSA) is 88.5 Å². The molecule has 1 aliphatic rings. The van der Waals surface area contributed by atoms with Crippen LogP contribution in [0.25, 0.3) is 10.9 Å². The second-order valence-corrected chi connectivity index (χ2v) is 7.78. The first-order valence-electron chi connectivity index (χ1n) is 11.1. The Hall–Kier alpha value is -3.78. The number of pyridine rings is 1. The molecule has 8 heteroatoms. The smallest absolute Gasteiger partial charge is 0.318 e. The molecule has 5 rings (SSSR count). The Labute approximate surface area is 192 Å². The van der Waals surface area contributed by atoms with Gasteiger partial charge in [0.25, 0.3) is 0 Å². The summed E-state index contributed by atoms with van der Waals surface area (Å²) in [5.74, 6) is 0.828. The van der Waals surface area contributed by atoms with Crippen LogP contribution < -0.4 is 9.64 Å². The van der Waals surface area contributed by atoms with Gasteiger partial charge in [0.05, 0.1) is 32.1 Å². The minimum atomic E-state index is 0.350. The van der Waals surface area contributed by atoms with Crippen molar-refractivity contribution in [1.29, 1.82) is 0 Å². The highest BCUT2D eigenvalue weighted by atomic mass is 16.5. The van der Waals surface area contributed by atoms with Gasteiger partial charge in [0, 0.05) is 60.8 Å². The predicted octanol–water partition coefficient (Wildman–Crippen LogP) is 3.43. The lowest BCUT2D eigenvalue weighted by Crippen LogP contribution is -2.37. The molecule has 1 N–H and O–H groups in total. The second-order valence-electron chi connectivity index (χ2n) is 7.78. The summed E-state index contributed by atoms with van der Waals surface area (Å²) in [5, 5.41) is 1.19. The van der Waals surface area contributed by atoms with Gasteiger partial charge < -0.3 is 19.4 Å². The molecule has 8 nitrogen and oxygen atoms in total. The zero-order valence-electron chi connectivity index (χ0n) is 18.4. The number of ether oxygens (including phenoxy) is 2. The first kappa shape index (κ1) is 21.1. The lowest BCUT2D eigenvalue weighted by atomic mass is 10.2. The fourth-order valence-corrected chi connectivity index (χ4v) is 3.81. The van der Waals surface area contributed by atoms with Gasteiger partial charge in [0.2, 0.25) is 0 Å². The second kappa shape index (κ2) is 10.2. The lowest BCUT2D eigenvalue weighted by Gasteiger charge is -2.28. The molecule has 4 aromatic rings. The van der Waals surface area contributed by atoms with Crippen LogP contribution in [0.1, 0.15) is 17.0 Å². The van der Waals surface area contributed by atoms with E-state index in [4.69, 9.17) is 9.47 Å². The lowest BCUT2D eigenvalue weighted by molar-refractivity contribution is 0.122. The van der Waals surface area contributed by atoms with E-state index in [-0.39, 0.29) is 0 Å². The number of aliphatic imine (C=N–C) groups is 1. The van der Waals surface area contributed by atoms with Crippen LogP contribution in [0.3, 0.4) is 0 Å². The van der Waals surface area contributed by atoms with Gasteiger partial charge in [-0.1, -0.05) is 24.3 Å². The Kier molecular flexibility index (Phi) is 6.53. The van der Waals surface area contributed by atoms with Crippen molar-refractivity contribution in [2.75, 3.05) is 37.8 Å². The van der Waals surface area contributed by atoms with E-state index in [9.17, 15) is 0 Å². The van der Waals surface area contributed by atoms with Crippen LogP contribution in [0.5, 0.6) is 6.01 Å². The number of rotatable bonds is 8. The van der Waals surface area contributed by atoms with E-state index in [0.29, 0.717) is 38.8 Å². The first-order chi connectivity index (χ1) is 16.3. The highest BCUT2D eigenvalue weighted by Crippen LogP contribution is 2.20. The van der Waals surface area contributed by atoms with Crippen molar-refractivity contribution in [1.82, 2.24) is 19.9 Å². The molecule has 1 fully saturated rings. The maximum atomic E-state index is 5.91. The number of benzene rings is 1. The fourth-order valence-electron chi connectivity index (χ4n) is 3.81. The quantitative estimate of drug-likeness (QED) is 0.421. The molecule has 1 aliphatic heterocycles. The molecule has 33 heavy (non-hydrogen) atoms. The van der Waals surface area contributed by atoms with Crippen LogP contribution in [-0.4, -0.2) is 59.1 Å². The summed E-state index contributed by atoms with van der Waals surface area (Å²) in [5.41, 5.74) is 3.96. The fraction of sp³-hybridized carbons (Fsp3) is 0.280. The number of anilines is 1. The third-order valence-electron chi connectivity index (χ3n) is 5.52. The van der Waals surface area contributed by atoms with E-state index in [1.54, 1.807) is 12.4 Å². The van der Waals surface area contributed by atoms with Crippen molar-refractivity contribution >= 4 is 22.9 Å². The monoisotopic (exact) mass is 442 g/mol. The highest BCUT2D eigenvalue weighted by Gasteiger charge is 2.15. The molecule has 0 unspecified atom stereocenters. The number of nitrogens with zero attached hydrogens (tertiary/aromatic N) is 5. The molecule has 0 atom stereocenters. The van der Waals surface area contributed by atoms with Crippen LogP contribution in [0.15, 0.2) is 65.9 Å². The maximum Gasteiger partial charge on any atom is 0.318 e. The number of morpholine rings is 1. The van der Waals surface area contributed by atoms with Gasteiger partial charge in [0.1, 0.15) is 5.82 Å². The van der Waals surface area contributed by atoms with E-state index in [2.05, 4.69) is 42.0 Å². The van der Waals surface area contributed by atoms with Crippen LogP contribution in [0, 0.1) is 0 Å². The van der Waals surface area contributed by atoms with Crippen molar-refractivity contribution in [3.8, 4) is 6.01 Å². The number of aromatic nitrogens is 4. The van der Waals surface area contributed by atoms with Gasteiger partial charge in [-0.05, 0) is 23.8 Å². The number of fused-ring (bicyclic) bond motifs is 1. The number of hydrogen-bond acceptors (Lipinski definition) is 7. The molecule has 4 heterocycles. The van der Waals surface area contributed by atoms with E-state index >= 15 is 0 Å². The SMILES string of the molecule is C(=NCc1c[nH]c2ccccc12)c1cc(N2CCOCC2)nc(OCCc2ccccn2)n1. The molecular weight excluding hydrogens is 416 g/mol. The van der Waals surface area contributed by atoms with Crippen LogP contribution in [0.4, 0.5) is 5.82 Å². The zero-order valence-corrected chi connectivity index (χ0v) is 18.4. The molecule has 1 saturated heterocycles. The largest absolute Gasteiger partial charge is 0.463 e. The summed E-state index contributed by atoms with van der Waals surface area (Å²) in [7, 11) is 0. The Morgan fingerprint density at radius 3 is 2.85 bits per heavy atom. The third kappa shape index (κ3) is 5.35. The number of para-hydroxylation sites is 1. The van der Waals surface area contributed by atoms with E-state index < -0.39 is 0 Å². The average molecular weight is 443 g/mol. The molecule has 168 valence electrons. The first-order valence-corrected chi connectivity index (χ1v) is 11.1. The van der Waals surface area contributed by atoms with Crippen LogP contribution in [-0.2, 0) is 17.7 Å². The molecule has 0 bridgehead atoms. The third-order valence-corrected chi connectivity index (χ3v) is 5.52. The molecule has 0 aliphatic carbocycles. The Morgan fingerprint density at radius 2 is 1.97 bits per heavy atom. The summed E-state index contributed by atoms with van der Waals surface area (Å²) < 4.78 is 11.4. The number of H-pyrrole nitrogens is 1. The van der Waals surface area contributed by atoms with Crippen molar-refractivity contribution in [2.24, 2.45) is 4.99 Å². The van der Waals surface area contributed by atoms with Gasteiger partial charge in [0.15, 0.2) is 0 Å². The van der Waals surface area contributed by atoms with Gasteiger partial charge in [-0.3, -0.25) is 9.98 Å². The van der Waals surface area contributed by atoms with Crippen molar-refractivity contribution in [3.05, 3.63) is 77.9 Å².